The van der Waals surface area contributed by atoms with Crippen LogP contribution in [0.5, 0.6) is 5.88 Å². The summed E-state index contributed by atoms with van der Waals surface area (Å²) in [7, 11) is 0. The van der Waals surface area contributed by atoms with Gasteiger partial charge in [-0.15, -0.1) is 0 Å². The maximum Gasteiger partial charge on any atom is 0.252 e. The highest BCUT2D eigenvalue weighted by atomic mass is 16.5. The predicted molar refractivity (Wildman–Crippen MR) is 86.2 cm³/mol. The Morgan fingerprint density at radius 3 is 2.74 bits per heavy atom. The van der Waals surface area contributed by atoms with E-state index in [0.717, 1.165) is 18.4 Å². The van der Waals surface area contributed by atoms with Gasteiger partial charge in [-0.3, -0.25) is 4.79 Å². The molecule has 0 unspecified atom stereocenters. The van der Waals surface area contributed by atoms with E-state index in [4.69, 9.17) is 4.74 Å². The normalized spacial score (nSPS) is 15.5. The molecule has 0 radical (unpaired) electrons. The zero-order valence-corrected chi connectivity index (χ0v) is 12.8. The molecule has 5 nitrogen and oxygen atoms in total. The van der Waals surface area contributed by atoms with Gasteiger partial charge in [-0.25, -0.2) is 4.98 Å². The number of nitrogens with zero attached hydrogens (tertiary/aromatic N) is 1. The van der Waals surface area contributed by atoms with E-state index in [1.807, 2.05) is 30.3 Å². The van der Waals surface area contributed by atoms with Gasteiger partial charge in [0.1, 0.15) is 6.10 Å². The number of aliphatic hydroxyl groups is 1. The lowest BCUT2D eigenvalue weighted by Crippen LogP contribution is -2.31. The number of pyridine rings is 1. The average Bonchev–Trinajstić information content (AvgIpc) is 2.57. The molecule has 1 aliphatic rings. The number of benzene rings is 1. The van der Waals surface area contributed by atoms with Gasteiger partial charge in [0.15, 0.2) is 0 Å². The highest BCUT2D eigenvalue weighted by molar-refractivity contribution is 5.94. The Morgan fingerprint density at radius 1 is 1.30 bits per heavy atom. The topological polar surface area (TPSA) is 71.5 Å². The van der Waals surface area contributed by atoms with Gasteiger partial charge in [-0.2, -0.15) is 0 Å². The summed E-state index contributed by atoms with van der Waals surface area (Å²) in [4.78, 5) is 16.6. The number of hydrogen-bond donors (Lipinski definition) is 2. The van der Waals surface area contributed by atoms with Crippen LogP contribution in [0.25, 0.3) is 0 Å². The first-order valence-electron chi connectivity index (χ1n) is 7.85. The molecule has 5 heteroatoms. The van der Waals surface area contributed by atoms with Gasteiger partial charge >= 0.3 is 0 Å². The molecule has 0 saturated heterocycles. The number of rotatable bonds is 6. The Balaban J connectivity index is 1.68. The maximum atomic E-state index is 12.4. The van der Waals surface area contributed by atoms with Gasteiger partial charge in [-0.05, 0) is 30.9 Å². The van der Waals surface area contributed by atoms with E-state index in [2.05, 4.69) is 10.3 Å². The smallest absolute Gasteiger partial charge is 0.252 e. The number of aromatic nitrogens is 1. The number of amides is 1. The standard InChI is InChI=1S/C18H20N2O3/c21-12-16(13-5-2-1-3-6-13)20-18(22)14-9-10-19-17(11-14)23-15-7-4-8-15/h1-3,5-6,9-11,15-16,21H,4,7-8,12H2,(H,20,22)/t16-/m1/s1. The summed E-state index contributed by atoms with van der Waals surface area (Å²) in [6, 6.07) is 12.2. The lowest BCUT2D eigenvalue weighted by molar-refractivity contribution is 0.0912. The van der Waals surface area contributed by atoms with Gasteiger partial charge in [0.05, 0.1) is 12.6 Å². The van der Waals surface area contributed by atoms with E-state index < -0.39 is 6.04 Å². The van der Waals surface area contributed by atoms with Crippen molar-refractivity contribution in [3.63, 3.8) is 0 Å². The average molecular weight is 312 g/mol. The molecule has 23 heavy (non-hydrogen) atoms. The molecule has 0 aliphatic heterocycles. The van der Waals surface area contributed by atoms with Crippen molar-refractivity contribution in [2.24, 2.45) is 0 Å². The minimum atomic E-state index is -0.437. The summed E-state index contributed by atoms with van der Waals surface area (Å²) in [6.07, 6.45) is 5.05. The van der Waals surface area contributed by atoms with Gasteiger partial charge in [-0.1, -0.05) is 30.3 Å². The SMILES string of the molecule is O=C(N[C@H](CO)c1ccccc1)c1ccnc(OC2CCC2)c1. The largest absolute Gasteiger partial charge is 0.474 e. The van der Waals surface area contributed by atoms with E-state index >= 15 is 0 Å². The fourth-order valence-electron chi connectivity index (χ4n) is 2.44. The van der Waals surface area contributed by atoms with Crippen LogP contribution in [0.1, 0.15) is 41.2 Å². The zero-order valence-electron chi connectivity index (χ0n) is 12.8. The lowest BCUT2D eigenvalue weighted by atomic mass is 9.96. The molecule has 1 aromatic heterocycles. The second kappa shape index (κ2) is 7.24. The molecule has 2 N–H and O–H groups in total. The van der Waals surface area contributed by atoms with Crippen LogP contribution in [-0.2, 0) is 0 Å². The number of hydrogen-bond acceptors (Lipinski definition) is 4. The molecule has 1 fully saturated rings. The second-order valence-corrected chi connectivity index (χ2v) is 5.67. The Hall–Kier alpha value is -2.40. The van der Waals surface area contributed by atoms with Gasteiger partial charge in [0, 0.05) is 17.8 Å². The van der Waals surface area contributed by atoms with Crippen LogP contribution in [-0.4, -0.2) is 28.7 Å². The first-order valence-corrected chi connectivity index (χ1v) is 7.85. The zero-order chi connectivity index (χ0) is 16.1. The van der Waals surface area contributed by atoms with Gasteiger partial charge in [0.25, 0.3) is 5.91 Å². The maximum absolute atomic E-state index is 12.4. The molecular weight excluding hydrogens is 292 g/mol. The third-order valence-corrected chi connectivity index (χ3v) is 4.03. The lowest BCUT2D eigenvalue weighted by Gasteiger charge is -2.25. The van der Waals surface area contributed by atoms with E-state index in [-0.39, 0.29) is 18.6 Å². The Morgan fingerprint density at radius 2 is 2.09 bits per heavy atom. The molecule has 0 spiro atoms. The molecular formula is C18H20N2O3. The van der Waals surface area contributed by atoms with Crippen LogP contribution in [0.4, 0.5) is 0 Å². The number of ether oxygens (including phenoxy) is 1. The molecule has 1 aliphatic carbocycles. The molecule has 1 heterocycles. The van der Waals surface area contributed by atoms with Crippen LogP contribution in [0, 0.1) is 0 Å². The van der Waals surface area contributed by atoms with E-state index in [9.17, 15) is 9.90 Å². The summed E-state index contributed by atoms with van der Waals surface area (Å²) >= 11 is 0. The summed E-state index contributed by atoms with van der Waals surface area (Å²) in [6.45, 7) is -0.160. The van der Waals surface area contributed by atoms with Gasteiger partial charge < -0.3 is 15.2 Å². The molecule has 1 saturated carbocycles. The van der Waals surface area contributed by atoms with E-state index in [1.54, 1.807) is 18.3 Å². The van der Waals surface area contributed by atoms with Crippen molar-refractivity contribution in [1.29, 1.82) is 0 Å². The number of nitrogens with one attached hydrogen (secondary N) is 1. The van der Waals surface area contributed by atoms with Crippen LogP contribution < -0.4 is 10.1 Å². The van der Waals surface area contributed by atoms with Crippen LogP contribution >= 0.6 is 0 Å². The summed E-state index contributed by atoms with van der Waals surface area (Å²) in [5.74, 6) is 0.219. The quantitative estimate of drug-likeness (QED) is 0.859. The molecule has 2 aromatic rings. The molecule has 1 aromatic carbocycles. The first kappa shape index (κ1) is 15.5. The van der Waals surface area contributed by atoms with Crippen LogP contribution in [0.15, 0.2) is 48.7 Å². The molecule has 0 bridgehead atoms. The van der Waals surface area contributed by atoms with Crippen molar-refractivity contribution in [1.82, 2.24) is 10.3 Å². The number of carbonyl (C=O) groups is 1. The summed E-state index contributed by atoms with van der Waals surface area (Å²) in [5, 5.41) is 12.4. The number of carbonyl (C=O) groups excluding carboxylic acids is 1. The van der Waals surface area contributed by atoms with Crippen LogP contribution in [0.2, 0.25) is 0 Å². The van der Waals surface area contributed by atoms with E-state index in [1.165, 1.54) is 6.42 Å². The first-order chi connectivity index (χ1) is 11.3. The van der Waals surface area contributed by atoms with Gasteiger partial charge in [0.2, 0.25) is 5.88 Å². The van der Waals surface area contributed by atoms with Crippen molar-refractivity contribution in [3.05, 3.63) is 59.8 Å². The highest BCUT2D eigenvalue weighted by Crippen LogP contribution is 2.24. The number of aliphatic hydroxyl groups excluding tert-OH is 1. The van der Waals surface area contributed by atoms with E-state index in [0.29, 0.717) is 11.4 Å². The van der Waals surface area contributed by atoms with Crippen molar-refractivity contribution < 1.29 is 14.6 Å². The summed E-state index contributed by atoms with van der Waals surface area (Å²) in [5.41, 5.74) is 1.34. The van der Waals surface area contributed by atoms with Crippen LogP contribution in [0.3, 0.4) is 0 Å². The molecule has 3 rings (SSSR count). The van der Waals surface area contributed by atoms with Crippen molar-refractivity contribution >= 4 is 5.91 Å². The third-order valence-electron chi connectivity index (χ3n) is 4.03. The Labute approximate surface area is 135 Å². The minimum Gasteiger partial charge on any atom is -0.474 e. The Kier molecular flexibility index (Phi) is 4.88. The Bertz CT molecular complexity index is 656. The predicted octanol–water partition coefficient (Wildman–Crippen LogP) is 2.48. The third kappa shape index (κ3) is 3.87. The van der Waals surface area contributed by atoms with Crippen molar-refractivity contribution in [2.75, 3.05) is 6.61 Å². The fourth-order valence-corrected chi connectivity index (χ4v) is 2.44. The second-order valence-electron chi connectivity index (χ2n) is 5.67. The molecule has 1 atom stereocenters. The van der Waals surface area contributed by atoms with Crippen molar-refractivity contribution in [2.45, 2.75) is 31.4 Å². The van der Waals surface area contributed by atoms with Crippen molar-refractivity contribution in [3.8, 4) is 5.88 Å². The molecule has 120 valence electrons. The monoisotopic (exact) mass is 312 g/mol. The highest BCUT2D eigenvalue weighted by Gasteiger charge is 2.20. The minimum absolute atomic E-state index is 0.160. The summed E-state index contributed by atoms with van der Waals surface area (Å²) < 4.78 is 5.72. The fraction of sp³-hybridized carbons (Fsp3) is 0.333. The molecule has 1 amide bonds.